The van der Waals surface area contributed by atoms with Crippen molar-refractivity contribution in [1.29, 1.82) is 0 Å². The predicted molar refractivity (Wildman–Crippen MR) is 105 cm³/mol. The monoisotopic (exact) mass is 397 g/mol. The van der Waals surface area contributed by atoms with Crippen molar-refractivity contribution in [1.82, 2.24) is 15.1 Å². The number of esters is 1. The predicted octanol–water partition coefficient (Wildman–Crippen LogP) is 2.50. The summed E-state index contributed by atoms with van der Waals surface area (Å²) >= 11 is 0. The van der Waals surface area contributed by atoms with Crippen molar-refractivity contribution >= 4 is 22.6 Å². The zero-order valence-corrected chi connectivity index (χ0v) is 16.2. The van der Waals surface area contributed by atoms with Gasteiger partial charge in [0.1, 0.15) is 5.82 Å². The van der Waals surface area contributed by atoms with Gasteiger partial charge in [-0.2, -0.15) is 5.10 Å². The number of carbonyl (C=O) groups is 2. The van der Waals surface area contributed by atoms with E-state index >= 15 is 0 Å². The number of nitrogens with one attached hydrogen (secondary N) is 1. The maximum absolute atomic E-state index is 13.0. The Morgan fingerprint density at radius 1 is 1.07 bits per heavy atom. The van der Waals surface area contributed by atoms with Crippen LogP contribution in [0.4, 0.5) is 4.39 Å². The van der Waals surface area contributed by atoms with Crippen LogP contribution in [0.25, 0.3) is 10.8 Å². The molecule has 0 aliphatic heterocycles. The van der Waals surface area contributed by atoms with Crippen LogP contribution in [0.3, 0.4) is 0 Å². The van der Waals surface area contributed by atoms with Crippen LogP contribution in [-0.4, -0.2) is 27.8 Å². The number of fused-ring (bicyclic) bond motifs is 1. The number of carbonyl (C=O) groups excluding carboxylic acids is 2. The number of ether oxygens (including phenoxy) is 1. The highest BCUT2D eigenvalue weighted by Crippen LogP contribution is 2.16. The van der Waals surface area contributed by atoms with E-state index < -0.39 is 24.0 Å². The van der Waals surface area contributed by atoms with Crippen molar-refractivity contribution in [2.24, 2.45) is 7.05 Å². The average Bonchev–Trinajstić information content (AvgIpc) is 2.71. The van der Waals surface area contributed by atoms with E-state index in [-0.39, 0.29) is 17.1 Å². The van der Waals surface area contributed by atoms with E-state index in [1.54, 1.807) is 43.3 Å². The Kier molecular flexibility index (Phi) is 5.72. The first-order chi connectivity index (χ1) is 13.8. The molecule has 1 N–H and O–H groups in total. The van der Waals surface area contributed by atoms with Gasteiger partial charge in [-0.3, -0.25) is 9.59 Å². The lowest BCUT2D eigenvalue weighted by Crippen LogP contribution is -2.37. The molecule has 8 heteroatoms. The van der Waals surface area contributed by atoms with E-state index in [4.69, 9.17) is 4.74 Å². The standard InChI is InChI=1S/C21H20FN3O4/c1-12(14-8-10-15(22)11-9-14)23-19(26)13(2)29-21(28)18-16-6-4-5-7-17(16)20(27)25(3)24-18/h4-13H,1-3H3,(H,23,26)/t12-,13-/m0/s1. The molecule has 0 aliphatic carbocycles. The normalized spacial score (nSPS) is 13.0. The molecular formula is C21H20FN3O4. The fraction of sp³-hybridized carbons (Fsp3) is 0.238. The van der Waals surface area contributed by atoms with Crippen LogP contribution in [0.5, 0.6) is 0 Å². The number of rotatable bonds is 5. The molecule has 0 spiro atoms. The van der Waals surface area contributed by atoms with Crippen LogP contribution in [-0.2, 0) is 16.6 Å². The summed E-state index contributed by atoms with van der Waals surface area (Å²) in [5.41, 5.74) is 0.328. The molecule has 29 heavy (non-hydrogen) atoms. The van der Waals surface area contributed by atoms with Crippen LogP contribution in [0.1, 0.15) is 35.9 Å². The van der Waals surface area contributed by atoms with E-state index in [0.717, 1.165) is 4.68 Å². The van der Waals surface area contributed by atoms with E-state index in [1.165, 1.54) is 26.1 Å². The molecule has 7 nitrogen and oxygen atoms in total. The molecule has 2 atom stereocenters. The van der Waals surface area contributed by atoms with Crippen LogP contribution in [0, 0.1) is 5.82 Å². The smallest absolute Gasteiger partial charge is 0.360 e. The fourth-order valence-electron chi connectivity index (χ4n) is 2.89. The molecule has 3 rings (SSSR count). The first kappa shape index (κ1) is 20.2. The lowest BCUT2D eigenvalue weighted by Gasteiger charge is -2.18. The Hall–Kier alpha value is -3.55. The van der Waals surface area contributed by atoms with E-state index in [1.807, 2.05) is 0 Å². The second-order valence-corrected chi connectivity index (χ2v) is 6.65. The molecule has 0 fully saturated rings. The molecular weight excluding hydrogens is 377 g/mol. The van der Waals surface area contributed by atoms with Gasteiger partial charge >= 0.3 is 5.97 Å². The summed E-state index contributed by atoms with van der Waals surface area (Å²) in [6.45, 7) is 3.18. The number of amides is 1. The lowest BCUT2D eigenvalue weighted by molar-refractivity contribution is -0.129. The average molecular weight is 397 g/mol. The number of hydrogen-bond donors (Lipinski definition) is 1. The SMILES string of the molecule is C[C@H](OC(=O)c1nn(C)c(=O)c2ccccc12)C(=O)N[C@@H](C)c1ccc(F)cc1. The molecule has 0 aliphatic rings. The second kappa shape index (κ2) is 8.22. The largest absolute Gasteiger partial charge is 0.448 e. The molecule has 0 saturated carbocycles. The van der Waals surface area contributed by atoms with E-state index in [2.05, 4.69) is 10.4 Å². The van der Waals surface area contributed by atoms with Crippen molar-refractivity contribution in [3.05, 3.63) is 76.0 Å². The van der Waals surface area contributed by atoms with Gasteiger partial charge in [-0.1, -0.05) is 30.3 Å². The minimum absolute atomic E-state index is 0.0473. The third-order valence-electron chi connectivity index (χ3n) is 4.53. The summed E-state index contributed by atoms with van der Waals surface area (Å²) < 4.78 is 19.4. The van der Waals surface area contributed by atoms with Crippen LogP contribution in [0.15, 0.2) is 53.3 Å². The summed E-state index contributed by atoms with van der Waals surface area (Å²) in [4.78, 5) is 37.2. The Morgan fingerprint density at radius 3 is 2.34 bits per heavy atom. The highest BCUT2D eigenvalue weighted by molar-refractivity contribution is 6.02. The van der Waals surface area contributed by atoms with Gasteiger partial charge in [0.25, 0.3) is 11.5 Å². The van der Waals surface area contributed by atoms with Gasteiger partial charge in [-0.15, -0.1) is 0 Å². The Labute approximate surface area is 166 Å². The van der Waals surface area contributed by atoms with E-state index in [0.29, 0.717) is 16.3 Å². The summed E-state index contributed by atoms with van der Waals surface area (Å²) in [6, 6.07) is 11.9. The second-order valence-electron chi connectivity index (χ2n) is 6.65. The summed E-state index contributed by atoms with van der Waals surface area (Å²) in [5.74, 6) is -1.69. The van der Waals surface area contributed by atoms with Gasteiger partial charge in [-0.05, 0) is 37.6 Å². The molecule has 150 valence electrons. The van der Waals surface area contributed by atoms with E-state index in [9.17, 15) is 18.8 Å². The fourth-order valence-corrected chi connectivity index (χ4v) is 2.89. The van der Waals surface area contributed by atoms with Gasteiger partial charge in [0, 0.05) is 12.4 Å². The van der Waals surface area contributed by atoms with Crippen molar-refractivity contribution < 1.29 is 18.7 Å². The number of halogens is 1. The quantitative estimate of drug-likeness (QED) is 0.668. The Morgan fingerprint density at radius 2 is 1.69 bits per heavy atom. The molecule has 0 radical (unpaired) electrons. The summed E-state index contributed by atoms with van der Waals surface area (Å²) in [6.07, 6.45) is -1.09. The zero-order valence-electron chi connectivity index (χ0n) is 16.2. The Balaban J connectivity index is 1.74. The number of aryl methyl sites for hydroxylation is 1. The van der Waals surface area contributed by atoms with Crippen molar-refractivity contribution in [3.8, 4) is 0 Å². The highest BCUT2D eigenvalue weighted by atomic mass is 19.1. The maximum atomic E-state index is 13.0. The van der Waals surface area contributed by atoms with Crippen molar-refractivity contribution in [2.75, 3.05) is 0 Å². The molecule has 1 amide bonds. The topological polar surface area (TPSA) is 90.3 Å². The minimum atomic E-state index is -1.09. The van der Waals surface area contributed by atoms with Gasteiger partial charge < -0.3 is 10.1 Å². The molecule has 1 heterocycles. The van der Waals surface area contributed by atoms with Crippen LogP contribution in [0.2, 0.25) is 0 Å². The number of nitrogens with zero attached hydrogens (tertiary/aromatic N) is 2. The first-order valence-corrected chi connectivity index (χ1v) is 9.01. The van der Waals surface area contributed by atoms with Crippen molar-refractivity contribution in [3.63, 3.8) is 0 Å². The third kappa shape index (κ3) is 4.31. The van der Waals surface area contributed by atoms with Gasteiger partial charge in [0.05, 0.1) is 11.4 Å². The van der Waals surface area contributed by atoms with Crippen molar-refractivity contribution in [2.45, 2.75) is 26.0 Å². The highest BCUT2D eigenvalue weighted by Gasteiger charge is 2.24. The first-order valence-electron chi connectivity index (χ1n) is 9.01. The van der Waals surface area contributed by atoms with Crippen LogP contribution < -0.4 is 10.9 Å². The molecule has 2 aromatic carbocycles. The molecule has 3 aromatic rings. The number of hydrogen-bond acceptors (Lipinski definition) is 5. The van der Waals surface area contributed by atoms with Gasteiger partial charge in [0.15, 0.2) is 11.8 Å². The zero-order chi connectivity index (χ0) is 21.1. The molecule has 0 saturated heterocycles. The third-order valence-corrected chi connectivity index (χ3v) is 4.53. The van der Waals surface area contributed by atoms with Gasteiger partial charge in [0.2, 0.25) is 0 Å². The number of aromatic nitrogens is 2. The Bertz CT molecular complexity index is 1120. The van der Waals surface area contributed by atoms with Gasteiger partial charge in [-0.25, -0.2) is 13.9 Å². The van der Waals surface area contributed by atoms with Crippen LogP contribution >= 0.6 is 0 Å². The molecule has 0 bridgehead atoms. The summed E-state index contributed by atoms with van der Waals surface area (Å²) in [7, 11) is 1.44. The maximum Gasteiger partial charge on any atom is 0.360 e. The lowest BCUT2D eigenvalue weighted by atomic mass is 10.1. The molecule has 1 aromatic heterocycles. The minimum Gasteiger partial charge on any atom is -0.448 e. The summed E-state index contributed by atoms with van der Waals surface area (Å²) in [5, 5.41) is 7.39. The molecule has 0 unspecified atom stereocenters. The number of benzene rings is 2.